The molecule has 0 atom stereocenters. The highest BCUT2D eigenvalue weighted by Gasteiger charge is 2.28. The van der Waals surface area contributed by atoms with Crippen molar-refractivity contribution in [1.82, 2.24) is 9.97 Å². The van der Waals surface area contributed by atoms with E-state index in [0.29, 0.717) is 12.6 Å². The molecule has 3 N–H and O–H groups in total. The van der Waals surface area contributed by atoms with Crippen LogP contribution in [0.2, 0.25) is 0 Å². The summed E-state index contributed by atoms with van der Waals surface area (Å²) in [5, 5.41) is 3.20. The fourth-order valence-electron chi connectivity index (χ4n) is 3.56. The van der Waals surface area contributed by atoms with Crippen molar-refractivity contribution in [2.45, 2.75) is 38.6 Å². The second-order valence-electron chi connectivity index (χ2n) is 7.11. The lowest BCUT2D eigenvalue weighted by molar-refractivity contribution is -0.149. The largest absolute Gasteiger partial charge is 0.496 e. The number of nitrogens with two attached hydrogens (primary N) is 1. The Bertz CT molecular complexity index is 929. The number of esters is 1. The third kappa shape index (κ3) is 4.84. The van der Waals surface area contributed by atoms with Crippen LogP contribution in [0.25, 0.3) is 0 Å². The highest BCUT2D eigenvalue weighted by Crippen LogP contribution is 2.28. The van der Waals surface area contributed by atoms with Gasteiger partial charge in [-0.25, -0.2) is 9.37 Å². The number of benzene rings is 1. The molecule has 9 heteroatoms. The molecule has 1 aromatic heterocycles. The number of rotatable bonds is 7. The summed E-state index contributed by atoms with van der Waals surface area (Å²) in [5.41, 5.74) is 6.09. The second kappa shape index (κ2) is 9.51. The van der Waals surface area contributed by atoms with Gasteiger partial charge in [0, 0.05) is 12.2 Å². The van der Waals surface area contributed by atoms with Crippen molar-refractivity contribution in [3.8, 4) is 5.75 Å². The van der Waals surface area contributed by atoms with Crippen LogP contribution in [0.5, 0.6) is 5.75 Å². The summed E-state index contributed by atoms with van der Waals surface area (Å²) in [7, 11) is 1.40. The van der Waals surface area contributed by atoms with Gasteiger partial charge in [-0.05, 0) is 50.8 Å². The Labute approximate surface area is 174 Å². The Hall–Kier alpha value is -3.23. The molecule has 1 fully saturated rings. The average molecular weight is 416 g/mol. The summed E-state index contributed by atoms with van der Waals surface area (Å²) in [5.74, 6) is -0.775. The first kappa shape index (κ1) is 21.5. The van der Waals surface area contributed by atoms with Gasteiger partial charge in [-0.2, -0.15) is 4.98 Å². The number of carbonyl (C=O) groups is 2. The fraction of sp³-hybridized carbons (Fsp3) is 0.429. The number of hydrogen-bond donors (Lipinski definition) is 2. The number of nitrogens with zero attached hydrogens (tertiary/aromatic N) is 2. The van der Waals surface area contributed by atoms with Crippen LogP contribution >= 0.6 is 0 Å². The Kier molecular flexibility index (Phi) is 6.81. The molecular formula is C21H25FN4O4. The molecule has 8 nitrogen and oxygen atoms in total. The number of anilines is 2. The first-order chi connectivity index (χ1) is 14.4. The molecule has 0 bridgehead atoms. The van der Waals surface area contributed by atoms with Crippen molar-refractivity contribution >= 4 is 23.5 Å². The van der Waals surface area contributed by atoms with Crippen LogP contribution < -0.4 is 15.8 Å². The first-order valence-corrected chi connectivity index (χ1v) is 9.86. The molecule has 30 heavy (non-hydrogen) atoms. The van der Waals surface area contributed by atoms with Gasteiger partial charge in [0.25, 0.3) is 0 Å². The highest BCUT2D eigenvalue weighted by atomic mass is 19.1. The second-order valence-corrected chi connectivity index (χ2v) is 7.11. The van der Waals surface area contributed by atoms with Crippen LogP contribution in [0.1, 0.15) is 48.5 Å². The van der Waals surface area contributed by atoms with E-state index in [-0.39, 0.29) is 40.6 Å². The SMILES string of the molecule is CCOC(=O)C1CCC(Nc2ncc(C(=O)c3cc(F)ccc3OC)c(N)n2)CC1. The summed E-state index contributed by atoms with van der Waals surface area (Å²) in [6, 6.07) is 3.77. The van der Waals surface area contributed by atoms with Crippen LogP contribution in [0.3, 0.4) is 0 Å². The van der Waals surface area contributed by atoms with Crippen molar-refractivity contribution in [2.75, 3.05) is 24.8 Å². The maximum Gasteiger partial charge on any atom is 0.308 e. The molecule has 1 aliphatic carbocycles. The summed E-state index contributed by atoms with van der Waals surface area (Å²) >= 11 is 0. The number of carbonyl (C=O) groups excluding carboxylic acids is 2. The van der Waals surface area contributed by atoms with Crippen molar-refractivity contribution in [3.63, 3.8) is 0 Å². The van der Waals surface area contributed by atoms with Crippen molar-refractivity contribution in [2.24, 2.45) is 5.92 Å². The number of ether oxygens (including phenoxy) is 2. The van der Waals surface area contributed by atoms with E-state index in [1.807, 2.05) is 0 Å². The van der Waals surface area contributed by atoms with Gasteiger partial charge in [0.15, 0.2) is 0 Å². The zero-order valence-electron chi connectivity index (χ0n) is 17.0. The van der Waals surface area contributed by atoms with E-state index in [1.54, 1.807) is 6.92 Å². The predicted octanol–water partition coefficient (Wildman–Crippen LogP) is 2.97. The van der Waals surface area contributed by atoms with Gasteiger partial charge in [0.2, 0.25) is 11.7 Å². The van der Waals surface area contributed by atoms with Gasteiger partial charge >= 0.3 is 5.97 Å². The molecule has 0 aliphatic heterocycles. The first-order valence-electron chi connectivity index (χ1n) is 9.86. The molecule has 0 spiro atoms. The van der Waals surface area contributed by atoms with Gasteiger partial charge in [-0.3, -0.25) is 9.59 Å². The van der Waals surface area contributed by atoms with Crippen LogP contribution in [0.4, 0.5) is 16.2 Å². The third-order valence-electron chi connectivity index (χ3n) is 5.15. The Balaban J connectivity index is 1.67. The Morgan fingerprint density at radius 3 is 2.60 bits per heavy atom. The van der Waals surface area contributed by atoms with E-state index in [2.05, 4.69) is 15.3 Å². The third-order valence-corrected chi connectivity index (χ3v) is 5.15. The molecule has 1 aliphatic rings. The smallest absolute Gasteiger partial charge is 0.308 e. The van der Waals surface area contributed by atoms with Gasteiger partial charge in [-0.15, -0.1) is 0 Å². The maximum atomic E-state index is 13.6. The van der Waals surface area contributed by atoms with E-state index < -0.39 is 11.6 Å². The number of ketones is 1. The van der Waals surface area contributed by atoms with Crippen LogP contribution in [-0.4, -0.2) is 41.5 Å². The van der Waals surface area contributed by atoms with Crippen molar-refractivity contribution < 1.29 is 23.5 Å². The predicted molar refractivity (Wildman–Crippen MR) is 109 cm³/mol. The quantitative estimate of drug-likeness (QED) is 0.523. The number of methoxy groups -OCH3 is 1. The monoisotopic (exact) mass is 416 g/mol. The number of nitrogen functional groups attached to an aromatic ring is 1. The van der Waals surface area contributed by atoms with Crippen molar-refractivity contribution in [1.29, 1.82) is 0 Å². The average Bonchev–Trinajstić information content (AvgIpc) is 2.74. The van der Waals surface area contributed by atoms with Gasteiger partial charge in [0.1, 0.15) is 17.4 Å². The van der Waals surface area contributed by atoms with Crippen LogP contribution in [-0.2, 0) is 9.53 Å². The molecule has 3 rings (SSSR count). The molecule has 1 saturated carbocycles. The van der Waals surface area contributed by atoms with E-state index in [1.165, 1.54) is 25.4 Å². The van der Waals surface area contributed by atoms with Gasteiger partial charge < -0.3 is 20.5 Å². The maximum absolute atomic E-state index is 13.6. The molecule has 1 aromatic carbocycles. The zero-order valence-corrected chi connectivity index (χ0v) is 17.0. The lowest BCUT2D eigenvalue weighted by atomic mass is 9.86. The van der Waals surface area contributed by atoms with Crippen LogP contribution in [0.15, 0.2) is 24.4 Å². The van der Waals surface area contributed by atoms with E-state index in [0.717, 1.165) is 31.7 Å². The van der Waals surface area contributed by atoms with Gasteiger partial charge in [-0.1, -0.05) is 0 Å². The van der Waals surface area contributed by atoms with E-state index >= 15 is 0 Å². The lowest BCUT2D eigenvalue weighted by Gasteiger charge is -2.27. The molecule has 160 valence electrons. The summed E-state index contributed by atoms with van der Waals surface area (Å²) in [6.45, 7) is 2.18. The molecule has 0 saturated heterocycles. The Morgan fingerprint density at radius 2 is 1.97 bits per heavy atom. The molecule has 0 amide bonds. The number of aromatic nitrogens is 2. The molecule has 0 radical (unpaired) electrons. The normalized spacial score (nSPS) is 18.5. The van der Waals surface area contributed by atoms with Gasteiger partial charge in [0.05, 0.1) is 30.8 Å². The van der Waals surface area contributed by atoms with Crippen molar-refractivity contribution in [3.05, 3.63) is 41.3 Å². The minimum atomic E-state index is -0.560. The van der Waals surface area contributed by atoms with E-state index in [9.17, 15) is 14.0 Å². The summed E-state index contributed by atoms with van der Waals surface area (Å²) < 4.78 is 23.8. The fourth-order valence-corrected chi connectivity index (χ4v) is 3.56. The molecular weight excluding hydrogens is 391 g/mol. The molecule has 2 aromatic rings. The highest BCUT2D eigenvalue weighted by molar-refractivity contribution is 6.13. The summed E-state index contributed by atoms with van der Waals surface area (Å²) in [6.07, 6.45) is 4.31. The minimum absolute atomic E-state index is 0.0102. The zero-order chi connectivity index (χ0) is 21.7. The lowest BCUT2D eigenvalue weighted by Crippen LogP contribution is -2.31. The minimum Gasteiger partial charge on any atom is -0.496 e. The summed E-state index contributed by atoms with van der Waals surface area (Å²) in [4.78, 5) is 33.0. The number of nitrogens with one attached hydrogen (secondary N) is 1. The van der Waals surface area contributed by atoms with E-state index in [4.69, 9.17) is 15.2 Å². The molecule has 1 heterocycles. The standard InChI is InChI=1S/C21H25FN4O4/c1-3-30-20(28)12-4-7-14(8-5-12)25-21-24-11-16(19(23)26-21)18(27)15-10-13(22)6-9-17(15)29-2/h6,9-12,14H,3-5,7-8H2,1-2H3,(H3,23,24,25,26). The topological polar surface area (TPSA) is 116 Å². The molecule has 0 unspecified atom stereocenters. The number of halogens is 1. The Morgan fingerprint density at radius 1 is 1.23 bits per heavy atom. The number of hydrogen-bond acceptors (Lipinski definition) is 8. The van der Waals surface area contributed by atoms with Crippen LogP contribution in [0, 0.1) is 11.7 Å².